The molecule has 0 aliphatic rings. The molecule has 21 heavy (non-hydrogen) atoms. The van der Waals surface area contributed by atoms with Gasteiger partial charge in [-0.1, -0.05) is 39.7 Å². The van der Waals surface area contributed by atoms with Crippen LogP contribution < -0.4 is 10.1 Å². The molecular weight excluding hydrogens is 326 g/mol. The Hall–Kier alpha value is -1.32. The van der Waals surface area contributed by atoms with Crippen molar-refractivity contribution in [2.24, 2.45) is 0 Å². The van der Waals surface area contributed by atoms with Crippen molar-refractivity contribution >= 4 is 15.9 Å². The normalized spacial score (nSPS) is 12.3. The number of rotatable bonds is 4. The highest BCUT2D eigenvalue weighted by molar-refractivity contribution is 9.10. The van der Waals surface area contributed by atoms with E-state index in [2.05, 4.69) is 66.3 Å². The largest absolute Gasteiger partial charge is 0.496 e. The number of hydrogen-bond donors (Lipinski definition) is 1. The van der Waals surface area contributed by atoms with Gasteiger partial charge in [0.2, 0.25) is 0 Å². The monoisotopic (exact) mass is 347 g/mol. The van der Waals surface area contributed by atoms with E-state index in [1.54, 1.807) is 7.11 Å². The molecule has 1 N–H and O–H groups in total. The summed E-state index contributed by atoms with van der Waals surface area (Å²) in [5.41, 5.74) is 6.18. The number of halogens is 1. The van der Waals surface area contributed by atoms with E-state index in [0.29, 0.717) is 0 Å². The molecule has 0 aliphatic heterocycles. The quantitative estimate of drug-likeness (QED) is 0.865. The van der Waals surface area contributed by atoms with Crippen molar-refractivity contribution in [1.29, 1.82) is 0 Å². The first-order valence-electron chi connectivity index (χ1n) is 7.06. The lowest BCUT2D eigenvalue weighted by molar-refractivity contribution is 0.405. The molecule has 0 saturated carbocycles. The van der Waals surface area contributed by atoms with Gasteiger partial charge in [0.15, 0.2) is 0 Å². The standard InChI is InChI=1S/C18H22BrNO/c1-11-6-7-17(21-5)15(8-11)18(20-4)14-9-13(3)16(19)10-12(14)2/h6-10,18,20H,1-5H3. The second-order valence-electron chi connectivity index (χ2n) is 5.43. The van der Waals surface area contributed by atoms with E-state index >= 15 is 0 Å². The molecule has 0 radical (unpaired) electrons. The van der Waals surface area contributed by atoms with Gasteiger partial charge in [-0.2, -0.15) is 0 Å². The van der Waals surface area contributed by atoms with Crippen molar-refractivity contribution in [3.63, 3.8) is 0 Å². The minimum atomic E-state index is 0.117. The Balaban J connectivity index is 2.59. The summed E-state index contributed by atoms with van der Waals surface area (Å²) in [6, 6.07) is 10.8. The van der Waals surface area contributed by atoms with Crippen LogP contribution in [0.1, 0.15) is 33.9 Å². The SMILES string of the molecule is CNC(c1cc(C)c(Br)cc1C)c1cc(C)ccc1OC. The van der Waals surface area contributed by atoms with Crippen molar-refractivity contribution in [1.82, 2.24) is 5.32 Å². The summed E-state index contributed by atoms with van der Waals surface area (Å²) in [6.07, 6.45) is 0. The fourth-order valence-electron chi connectivity index (χ4n) is 2.67. The Labute approximate surface area is 135 Å². The zero-order chi connectivity index (χ0) is 15.6. The van der Waals surface area contributed by atoms with Crippen LogP contribution in [0.3, 0.4) is 0 Å². The smallest absolute Gasteiger partial charge is 0.123 e. The van der Waals surface area contributed by atoms with Gasteiger partial charge < -0.3 is 10.1 Å². The molecule has 0 fully saturated rings. The molecule has 2 rings (SSSR count). The summed E-state index contributed by atoms with van der Waals surface area (Å²) in [4.78, 5) is 0. The fraction of sp³-hybridized carbons (Fsp3) is 0.333. The Morgan fingerprint density at radius 2 is 1.71 bits per heavy atom. The molecule has 2 aromatic rings. The highest BCUT2D eigenvalue weighted by atomic mass is 79.9. The summed E-state index contributed by atoms with van der Waals surface area (Å²) >= 11 is 3.60. The summed E-state index contributed by atoms with van der Waals surface area (Å²) in [7, 11) is 3.71. The number of hydrogen-bond acceptors (Lipinski definition) is 2. The Morgan fingerprint density at radius 1 is 1.00 bits per heavy atom. The average Bonchev–Trinajstić information content (AvgIpc) is 2.45. The van der Waals surface area contributed by atoms with Gasteiger partial charge in [0.25, 0.3) is 0 Å². The fourth-order valence-corrected chi connectivity index (χ4v) is 3.13. The number of benzene rings is 2. The van der Waals surface area contributed by atoms with Gasteiger partial charge >= 0.3 is 0 Å². The van der Waals surface area contributed by atoms with Crippen LogP contribution in [-0.4, -0.2) is 14.2 Å². The van der Waals surface area contributed by atoms with Gasteiger partial charge in [-0.05, 0) is 56.6 Å². The molecule has 0 amide bonds. The van der Waals surface area contributed by atoms with Crippen LogP contribution in [0.4, 0.5) is 0 Å². The topological polar surface area (TPSA) is 21.3 Å². The molecule has 0 spiro atoms. The minimum Gasteiger partial charge on any atom is -0.496 e. The maximum absolute atomic E-state index is 5.55. The van der Waals surface area contributed by atoms with E-state index in [-0.39, 0.29) is 6.04 Å². The van der Waals surface area contributed by atoms with Gasteiger partial charge in [0.1, 0.15) is 5.75 Å². The lowest BCUT2D eigenvalue weighted by Crippen LogP contribution is -2.20. The van der Waals surface area contributed by atoms with Gasteiger partial charge in [0, 0.05) is 10.0 Å². The van der Waals surface area contributed by atoms with E-state index in [1.807, 2.05) is 13.1 Å². The lowest BCUT2D eigenvalue weighted by Gasteiger charge is -2.23. The minimum absolute atomic E-state index is 0.117. The molecular formula is C18H22BrNO. The molecule has 1 unspecified atom stereocenters. The van der Waals surface area contributed by atoms with Crippen molar-refractivity contribution in [2.45, 2.75) is 26.8 Å². The second-order valence-corrected chi connectivity index (χ2v) is 6.28. The van der Waals surface area contributed by atoms with E-state index < -0.39 is 0 Å². The molecule has 2 aromatic carbocycles. The number of ether oxygens (including phenoxy) is 1. The molecule has 1 atom stereocenters. The van der Waals surface area contributed by atoms with Crippen molar-refractivity contribution in [3.05, 3.63) is 62.6 Å². The van der Waals surface area contributed by atoms with Crippen molar-refractivity contribution in [3.8, 4) is 5.75 Å². The average molecular weight is 348 g/mol. The molecule has 0 heterocycles. The highest BCUT2D eigenvalue weighted by Gasteiger charge is 2.19. The number of methoxy groups -OCH3 is 1. The van der Waals surface area contributed by atoms with Crippen LogP contribution in [0, 0.1) is 20.8 Å². The van der Waals surface area contributed by atoms with Crippen LogP contribution in [0.5, 0.6) is 5.75 Å². The molecule has 0 aliphatic carbocycles. The van der Waals surface area contributed by atoms with Gasteiger partial charge in [0.05, 0.1) is 13.2 Å². The predicted molar refractivity (Wildman–Crippen MR) is 92.2 cm³/mol. The lowest BCUT2D eigenvalue weighted by atomic mass is 9.92. The molecule has 2 nitrogen and oxygen atoms in total. The molecule has 3 heteroatoms. The van der Waals surface area contributed by atoms with E-state index in [4.69, 9.17) is 4.74 Å². The molecule has 0 bridgehead atoms. The third-order valence-corrected chi connectivity index (χ3v) is 4.70. The third-order valence-electron chi connectivity index (χ3n) is 3.84. The summed E-state index contributed by atoms with van der Waals surface area (Å²) in [5, 5.41) is 3.43. The third kappa shape index (κ3) is 3.30. The van der Waals surface area contributed by atoms with Crippen molar-refractivity contribution in [2.75, 3.05) is 14.2 Å². The number of aryl methyl sites for hydroxylation is 3. The van der Waals surface area contributed by atoms with Crippen LogP contribution in [0.15, 0.2) is 34.8 Å². The van der Waals surface area contributed by atoms with Crippen LogP contribution >= 0.6 is 15.9 Å². The summed E-state index contributed by atoms with van der Waals surface area (Å²) in [6.45, 7) is 6.37. The Kier molecular flexibility index (Phi) is 5.07. The maximum Gasteiger partial charge on any atom is 0.123 e. The first-order chi connectivity index (χ1) is 9.97. The van der Waals surface area contributed by atoms with E-state index in [0.717, 1.165) is 10.2 Å². The van der Waals surface area contributed by atoms with Gasteiger partial charge in [-0.15, -0.1) is 0 Å². The van der Waals surface area contributed by atoms with Gasteiger partial charge in [-0.3, -0.25) is 0 Å². The van der Waals surface area contributed by atoms with E-state index in [1.165, 1.54) is 27.8 Å². The van der Waals surface area contributed by atoms with Crippen LogP contribution in [0.2, 0.25) is 0 Å². The predicted octanol–water partition coefficient (Wildman–Crippen LogP) is 4.69. The Morgan fingerprint density at radius 3 is 2.33 bits per heavy atom. The van der Waals surface area contributed by atoms with Crippen molar-refractivity contribution < 1.29 is 4.74 Å². The first kappa shape index (κ1) is 16.1. The molecule has 0 aromatic heterocycles. The maximum atomic E-state index is 5.55. The number of nitrogens with one attached hydrogen (secondary N) is 1. The van der Waals surface area contributed by atoms with Crippen LogP contribution in [-0.2, 0) is 0 Å². The highest BCUT2D eigenvalue weighted by Crippen LogP contribution is 2.34. The zero-order valence-electron chi connectivity index (χ0n) is 13.3. The molecule has 0 saturated heterocycles. The summed E-state index contributed by atoms with van der Waals surface area (Å²) < 4.78 is 6.70. The zero-order valence-corrected chi connectivity index (χ0v) is 14.8. The van der Waals surface area contributed by atoms with Gasteiger partial charge in [-0.25, -0.2) is 0 Å². The summed E-state index contributed by atoms with van der Waals surface area (Å²) in [5.74, 6) is 0.917. The second kappa shape index (κ2) is 6.63. The molecule has 112 valence electrons. The Bertz CT molecular complexity index is 652. The van der Waals surface area contributed by atoms with Crippen LogP contribution in [0.25, 0.3) is 0 Å². The van der Waals surface area contributed by atoms with E-state index in [9.17, 15) is 0 Å². The first-order valence-corrected chi connectivity index (χ1v) is 7.85.